The number of nitrogens with one attached hydrogen (secondary N) is 1. The van der Waals surface area contributed by atoms with Crippen molar-refractivity contribution in [3.8, 4) is 0 Å². The monoisotopic (exact) mass is 381 g/mol. The standard InChI is InChI=1S/C14H9BrClN3OS/c15-7-8-1-3-9(4-2-8)14(20)17-12-10(16)5-6-11-13(12)19-21-18-11/h1-6H,7H2,(H,17,20). The Morgan fingerprint density at radius 1 is 1.19 bits per heavy atom. The molecule has 21 heavy (non-hydrogen) atoms. The van der Waals surface area contributed by atoms with Crippen LogP contribution in [0.15, 0.2) is 36.4 Å². The van der Waals surface area contributed by atoms with E-state index in [0.717, 1.165) is 22.6 Å². The Morgan fingerprint density at radius 2 is 1.95 bits per heavy atom. The second kappa shape index (κ2) is 6.09. The van der Waals surface area contributed by atoms with E-state index in [0.29, 0.717) is 27.3 Å². The van der Waals surface area contributed by atoms with Crippen LogP contribution < -0.4 is 5.32 Å². The Balaban J connectivity index is 1.92. The van der Waals surface area contributed by atoms with Gasteiger partial charge >= 0.3 is 0 Å². The van der Waals surface area contributed by atoms with Gasteiger partial charge in [-0.2, -0.15) is 8.75 Å². The summed E-state index contributed by atoms with van der Waals surface area (Å²) < 4.78 is 8.32. The van der Waals surface area contributed by atoms with E-state index in [-0.39, 0.29) is 5.91 Å². The summed E-state index contributed by atoms with van der Waals surface area (Å²) >= 11 is 10.6. The Labute approximate surface area is 138 Å². The fourth-order valence-corrected chi connectivity index (χ4v) is 2.99. The third-order valence-corrected chi connectivity index (χ3v) is 4.49. The predicted octanol–water partition coefficient (Wildman–Crippen LogP) is 4.49. The molecule has 4 nitrogen and oxygen atoms in total. The molecule has 0 aliphatic heterocycles. The smallest absolute Gasteiger partial charge is 0.255 e. The third kappa shape index (κ3) is 2.92. The summed E-state index contributed by atoms with van der Waals surface area (Å²) in [6.07, 6.45) is 0. The molecule has 0 saturated carbocycles. The average molecular weight is 383 g/mol. The van der Waals surface area contributed by atoms with Gasteiger partial charge in [0.05, 0.1) is 22.4 Å². The highest BCUT2D eigenvalue weighted by molar-refractivity contribution is 9.08. The number of hydrogen-bond acceptors (Lipinski definition) is 4. The van der Waals surface area contributed by atoms with Crippen molar-refractivity contribution < 1.29 is 4.79 Å². The maximum atomic E-state index is 12.3. The fourth-order valence-electron chi connectivity index (χ4n) is 1.88. The van der Waals surface area contributed by atoms with Crippen LogP contribution in [-0.2, 0) is 5.33 Å². The number of hydrogen-bond donors (Lipinski definition) is 1. The fraction of sp³-hybridized carbons (Fsp3) is 0.0714. The first-order chi connectivity index (χ1) is 10.2. The number of rotatable bonds is 3. The summed E-state index contributed by atoms with van der Waals surface area (Å²) in [5, 5.41) is 4.01. The number of amides is 1. The Hall–Kier alpha value is -1.50. The van der Waals surface area contributed by atoms with Crippen molar-refractivity contribution in [2.75, 3.05) is 5.32 Å². The van der Waals surface area contributed by atoms with Gasteiger partial charge in [-0.25, -0.2) is 0 Å². The molecular formula is C14H9BrClN3OS. The largest absolute Gasteiger partial charge is 0.319 e. The minimum absolute atomic E-state index is 0.224. The molecule has 0 saturated heterocycles. The molecule has 2 aromatic carbocycles. The zero-order chi connectivity index (χ0) is 14.8. The molecule has 0 radical (unpaired) electrons. The average Bonchev–Trinajstić information content (AvgIpc) is 2.99. The molecule has 0 unspecified atom stereocenters. The second-order valence-electron chi connectivity index (χ2n) is 4.34. The second-order valence-corrected chi connectivity index (χ2v) is 5.84. The van der Waals surface area contributed by atoms with Gasteiger partial charge in [-0.05, 0) is 29.8 Å². The molecule has 1 amide bonds. The minimum atomic E-state index is -0.224. The van der Waals surface area contributed by atoms with E-state index < -0.39 is 0 Å². The zero-order valence-corrected chi connectivity index (χ0v) is 13.8. The van der Waals surface area contributed by atoms with E-state index in [1.54, 1.807) is 24.3 Å². The van der Waals surface area contributed by atoms with Crippen molar-refractivity contribution in [1.29, 1.82) is 0 Å². The lowest BCUT2D eigenvalue weighted by atomic mass is 10.1. The van der Waals surface area contributed by atoms with Crippen LogP contribution in [0.3, 0.4) is 0 Å². The predicted molar refractivity (Wildman–Crippen MR) is 89.5 cm³/mol. The van der Waals surface area contributed by atoms with Gasteiger partial charge in [0, 0.05) is 10.9 Å². The molecule has 1 N–H and O–H groups in total. The molecule has 0 aliphatic carbocycles. The van der Waals surface area contributed by atoms with E-state index in [2.05, 4.69) is 30.0 Å². The lowest BCUT2D eigenvalue weighted by Gasteiger charge is -2.08. The van der Waals surface area contributed by atoms with Gasteiger partial charge < -0.3 is 5.32 Å². The molecule has 0 atom stereocenters. The number of alkyl halides is 1. The van der Waals surface area contributed by atoms with Crippen LogP contribution in [0.1, 0.15) is 15.9 Å². The molecule has 3 aromatic rings. The topological polar surface area (TPSA) is 54.9 Å². The van der Waals surface area contributed by atoms with Crippen LogP contribution in [0.5, 0.6) is 0 Å². The highest BCUT2D eigenvalue weighted by Gasteiger charge is 2.14. The first-order valence-corrected chi connectivity index (χ1v) is 8.29. The van der Waals surface area contributed by atoms with Crippen LogP contribution in [0, 0.1) is 0 Å². The van der Waals surface area contributed by atoms with Crippen LogP contribution in [-0.4, -0.2) is 14.7 Å². The van der Waals surface area contributed by atoms with Gasteiger partial charge in [0.15, 0.2) is 0 Å². The number of aromatic nitrogens is 2. The number of carbonyl (C=O) groups is 1. The number of carbonyl (C=O) groups excluding carboxylic acids is 1. The lowest BCUT2D eigenvalue weighted by molar-refractivity contribution is 0.102. The molecule has 0 fully saturated rings. The van der Waals surface area contributed by atoms with E-state index in [1.165, 1.54) is 0 Å². The van der Waals surface area contributed by atoms with Crippen LogP contribution in [0.2, 0.25) is 5.02 Å². The molecule has 106 valence electrons. The van der Waals surface area contributed by atoms with Gasteiger partial charge in [0.2, 0.25) is 0 Å². The van der Waals surface area contributed by atoms with Crippen molar-refractivity contribution in [1.82, 2.24) is 8.75 Å². The highest BCUT2D eigenvalue weighted by atomic mass is 79.9. The van der Waals surface area contributed by atoms with Gasteiger partial charge in [-0.3, -0.25) is 4.79 Å². The molecule has 0 spiro atoms. The molecule has 7 heteroatoms. The first-order valence-electron chi connectivity index (χ1n) is 6.06. The van der Waals surface area contributed by atoms with Crippen LogP contribution >= 0.6 is 39.3 Å². The first kappa shape index (κ1) is 14.4. The summed E-state index contributed by atoms with van der Waals surface area (Å²) in [5.74, 6) is -0.224. The van der Waals surface area contributed by atoms with Crippen molar-refractivity contribution in [3.63, 3.8) is 0 Å². The summed E-state index contributed by atoms with van der Waals surface area (Å²) in [6, 6.07) is 10.8. The highest BCUT2D eigenvalue weighted by Crippen LogP contribution is 2.30. The number of benzene rings is 2. The van der Waals surface area contributed by atoms with Crippen molar-refractivity contribution >= 4 is 61.9 Å². The van der Waals surface area contributed by atoms with Crippen molar-refractivity contribution in [2.24, 2.45) is 0 Å². The summed E-state index contributed by atoms with van der Waals surface area (Å²) in [6.45, 7) is 0. The molecule has 0 aliphatic rings. The van der Waals surface area contributed by atoms with Crippen LogP contribution in [0.4, 0.5) is 5.69 Å². The molecule has 0 bridgehead atoms. The summed E-state index contributed by atoms with van der Waals surface area (Å²) in [4.78, 5) is 12.3. The van der Waals surface area contributed by atoms with Crippen molar-refractivity contribution in [3.05, 3.63) is 52.5 Å². The molecule has 1 heterocycles. The Kier molecular flexibility index (Phi) is 4.19. The maximum absolute atomic E-state index is 12.3. The quantitative estimate of drug-likeness (QED) is 0.679. The van der Waals surface area contributed by atoms with E-state index >= 15 is 0 Å². The molecule has 1 aromatic heterocycles. The summed E-state index contributed by atoms with van der Waals surface area (Å²) in [5.41, 5.74) is 3.50. The number of anilines is 1. The Bertz CT molecular complexity index is 804. The maximum Gasteiger partial charge on any atom is 0.255 e. The summed E-state index contributed by atoms with van der Waals surface area (Å²) in [7, 11) is 0. The zero-order valence-electron chi connectivity index (χ0n) is 10.6. The SMILES string of the molecule is O=C(Nc1c(Cl)ccc2nsnc12)c1ccc(CBr)cc1. The number of halogens is 2. The van der Waals surface area contributed by atoms with Crippen LogP contribution in [0.25, 0.3) is 11.0 Å². The Morgan fingerprint density at radius 3 is 2.67 bits per heavy atom. The van der Waals surface area contributed by atoms with Gasteiger partial charge in [-0.1, -0.05) is 39.7 Å². The third-order valence-electron chi connectivity index (χ3n) is 2.99. The van der Waals surface area contributed by atoms with Crippen molar-refractivity contribution in [2.45, 2.75) is 5.33 Å². The minimum Gasteiger partial charge on any atom is -0.319 e. The van der Waals surface area contributed by atoms with Gasteiger partial charge in [0.25, 0.3) is 5.91 Å². The number of fused-ring (bicyclic) bond motifs is 1. The normalized spacial score (nSPS) is 10.8. The number of nitrogens with zero attached hydrogens (tertiary/aromatic N) is 2. The molecular weight excluding hydrogens is 374 g/mol. The van der Waals surface area contributed by atoms with E-state index in [9.17, 15) is 4.79 Å². The van der Waals surface area contributed by atoms with E-state index in [4.69, 9.17) is 11.6 Å². The lowest BCUT2D eigenvalue weighted by Crippen LogP contribution is -2.12. The van der Waals surface area contributed by atoms with Gasteiger partial charge in [0.1, 0.15) is 11.0 Å². The van der Waals surface area contributed by atoms with E-state index in [1.807, 2.05) is 12.1 Å². The molecule has 3 rings (SSSR count). The van der Waals surface area contributed by atoms with Gasteiger partial charge in [-0.15, -0.1) is 0 Å².